The summed E-state index contributed by atoms with van der Waals surface area (Å²) < 4.78 is 68.2. The Hall–Kier alpha value is 1.16. The molecule has 66 valence electrons. The van der Waals surface area contributed by atoms with Crippen LogP contribution in [0.25, 0.3) is 0 Å². The Morgan fingerprint density at radius 3 is 0.667 bits per heavy atom. The first-order valence-corrected chi connectivity index (χ1v) is 4.00. The topological polar surface area (TPSA) is 161 Å². The van der Waals surface area contributed by atoms with Gasteiger partial charge >= 0.3 is 43.4 Å². The summed E-state index contributed by atoms with van der Waals surface area (Å²) in [7, 11) is -10.3. The molecule has 0 spiro atoms. The Bertz CT molecular complexity index is 213. The van der Waals surface area contributed by atoms with Gasteiger partial charge in [-0.25, -0.2) is 0 Å². The maximum Gasteiger partial charge on any atom is 2.00 e. The molecule has 12 heteroatoms. The Labute approximate surface area is 98.6 Å². The largest absolute Gasteiger partial charge is 2.00 e. The van der Waals surface area contributed by atoms with Gasteiger partial charge in [-0.2, -0.15) is 0 Å². The van der Waals surface area contributed by atoms with Crippen LogP contribution in [0.5, 0.6) is 0 Å². The van der Waals surface area contributed by atoms with Crippen LogP contribution in [0.15, 0.2) is 0 Å². The molecule has 12 heavy (non-hydrogen) atoms. The second-order valence-corrected chi connectivity index (χ2v) is 2.45. The van der Waals surface area contributed by atoms with Crippen LogP contribution < -0.4 is 0 Å². The molecule has 0 aromatic heterocycles. The molecule has 0 fully saturated rings. The molecule has 0 heterocycles. The van der Waals surface area contributed by atoms with E-state index in [2.05, 4.69) is 0 Å². The van der Waals surface area contributed by atoms with Gasteiger partial charge in [-0.1, -0.05) is 0 Å². The molecule has 0 aliphatic heterocycles. The summed E-state index contributed by atoms with van der Waals surface area (Å²) in [6.45, 7) is 0. The van der Waals surface area contributed by atoms with Crippen molar-refractivity contribution in [2.45, 2.75) is 0 Å². The zero-order chi connectivity index (χ0) is 9.00. The summed E-state index contributed by atoms with van der Waals surface area (Å²) in [6, 6.07) is 0. The molecule has 0 saturated heterocycles. The van der Waals surface area contributed by atoms with Gasteiger partial charge in [-0.3, -0.25) is 16.8 Å². The number of hydrogen-bond acceptors (Lipinski definition) is 8. The van der Waals surface area contributed by atoms with Gasteiger partial charge in [0, 0.05) is 20.8 Å². The van der Waals surface area contributed by atoms with Gasteiger partial charge in [0.25, 0.3) is 0 Å². The molecule has 0 bridgehead atoms. The van der Waals surface area contributed by atoms with Crippen molar-refractivity contribution in [2.75, 3.05) is 0 Å². The van der Waals surface area contributed by atoms with E-state index in [9.17, 15) is 0 Å². The van der Waals surface area contributed by atoms with Crippen molar-refractivity contribution in [1.29, 1.82) is 0 Å². The van der Waals surface area contributed by atoms with Crippen LogP contribution in [0, 0.1) is 0 Å². The molecule has 0 saturated carbocycles. The standard InChI is InChI=1S/2H2O4S.Sn.Zn/c2*1-5(2,3)4;;/h2*(H2,1,2,3,4);;/q;;2*+2/p-4. The molecular formula is O8S2SnZn. The molecular weight excluding hydrogens is 376 g/mol. The molecule has 2 radical (unpaired) electrons. The Morgan fingerprint density at radius 2 is 0.667 bits per heavy atom. The van der Waals surface area contributed by atoms with Gasteiger partial charge in [0.15, 0.2) is 0 Å². The fraction of sp³-hybridized carbons (Fsp3) is 0. The second kappa shape index (κ2) is 8.75. The monoisotopic (exact) mass is 376 g/mol. The maximum atomic E-state index is 8.52. The first-order chi connectivity index (χ1) is 4.00. The third-order valence-corrected chi connectivity index (χ3v) is 0. The Morgan fingerprint density at radius 1 is 0.667 bits per heavy atom. The van der Waals surface area contributed by atoms with E-state index in [1.165, 1.54) is 0 Å². The van der Waals surface area contributed by atoms with Crippen molar-refractivity contribution in [3.63, 3.8) is 0 Å². The average molecular weight is 376 g/mol. The van der Waals surface area contributed by atoms with E-state index in [0.29, 0.717) is 0 Å². The van der Waals surface area contributed by atoms with Gasteiger partial charge in [-0.05, 0) is 0 Å². The maximum absolute atomic E-state index is 8.52. The zero-order valence-electron chi connectivity index (χ0n) is 5.29. The van der Waals surface area contributed by atoms with Gasteiger partial charge < -0.3 is 18.2 Å². The summed E-state index contributed by atoms with van der Waals surface area (Å²) in [6.07, 6.45) is 0. The molecule has 0 aromatic carbocycles. The smallest absolute Gasteiger partial charge is 0.759 e. The van der Waals surface area contributed by atoms with Crippen molar-refractivity contribution in [2.24, 2.45) is 0 Å². The summed E-state index contributed by atoms with van der Waals surface area (Å²) in [5.41, 5.74) is 0. The number of rotatable bonds is 0. The van der Waals surface area contributed by atoms with E-state index in [1.807, 2.05) is 0 Å². The fourth-order valence-electron chi connectivity index (χ4n) is 0. The van der Waals surface area contributed by atoms with Gasteiger partial charge in [0.2, 0.25) is 0 Å². The molecule has 0 aliphatic carbocycles. The molecule has 0 N–H and O–H groups in total. The first-order valence-electron chi connectivity index (χ1n) is 1.33. The van der Waals surface area contributed by atoms with Crippen LogP contribution in [0.4, 0.5) is 0 Å². The Kier molecular flexibility index (Phi) is 16.9. The average Bonchev–Trinajstić information content (AvgIpc) is 1.12. The van der Waals surface area contributed by atoms with E-state index in [0.717, 1.165) is 0 Å². The summed E-state index contributed by atoms with van der Waals surface area (Å²) in [5.74, 6) is 0. The summed E-state index contributed by atoms with van der Waals surface area (Å²) in [4.78, 5) is 0. The predicted molar refractivity (Wildman–Crippen MR) is 26.7 cm³/mol. The minimum atomic E-state index is -5.17. The SMILES string of the molecule is O=S(=O)([O-])[O-].O=S(=O)([O-])[O-].[Sn+2].[Zn+2]. The van der Waals surface area contributed by atoms with E-state index < -0.39 is 20.8 Å². The summed E-state index contributed by atoms with van der Waals surface area (Å²) in [5, 5.41) is 0. The molecule has 0 amide bonds. The minimum absolute atomic E-state index is 0. The van der Waals surface area contributed by atoms with Crippen molar-refractivity contribution in [3.8, 4) is 0 Å². The van der Waals surface area contributed by atoms with Crippen LogP contribution in [0.1, 0.15) is 0 Å². The second-order valence-electron chi connectivity index (χ2n) is 0.816. The van der Waals surface area contributed by atoms with Crippen LogP contribution in [-0.2, 0) is 40.3 Å². The molecule has 0 aromatic rings. The first kappa shape index (κ1) is 23.2. The van der Waals surface area contributed by atoms with E-state index >= 15 is 0 Å². The molecule has 0 rings (SSSR count). The van der Waals surface area contributed by atoms with Gasteiger partial charge in [-0.15, -0.1) is 0 Å². The van der Waals surface area contributed by atoms with Crippen molar-refractivity contribution < 1.29 is 54.5 Å². The molecule has 0 unspecified atom stereocenters. The molecule has 8 nitrogen and oxygen atoms in total. The summed E-state index contributed by atoms with van der Waals surface area (Å²) >= 11 is 0. The van der Waals surface area contributed by atoms with Crippen LogP contribution >= 0.6 is 0 Å². The van der Waals surface area contributed by atoms with Crippen molar-refractivity contribution in [3.05, 3.63) is 0 Å². The zero-order valence-corrected chi connectivity index (χ0v) is 12.7. The molecule has 0 atom stereocenters. The minimum Gasteiger partial charge on any atom is -0.759 e. The normalized spacial score (nSPS) is 9.67. The third kappa shape index (κ3) is 854. The quantitative estimate of drug-likeness (QED) is 0.245. The van der Waals surface area contributed by atoms with Crippen LogP contribution in [0.2, 0.25) is 0 Å². The third-order valence-electron chi connectivity index (χ3n) is 0. The number of hydrogen-bond donors (Lipinski definition) is 0. The van der Waals surface area contributed by atoms with Crippen LogP contribution in [-0.4, -0.2) is 59.0 Å². The van der Waals surface area contributed by atoms with E-state index in [-0.39, 0.29) is 43.4 Å². The van der Waals surface area contributed by atoms with Gasteiger partial charge in [0.05, 0.1) is 0 Å². The van der Waals surface area contributed by atoms with Gasteiger partial charge in [0.1, 0.15) is 0 Å². The Balaban J connectivity index is -0.0000000457. The van der Waals surface area contributed by atoms with Crippen LogP contribution in [0.3, 0.4) is 0 Å². The van der Waals surface area contributed by atoms with E-state index in [1.54, 1.807) is 0 Å². The fourth-order valence-corrected chi connectivity index (χ4v) is 0. The van der Waals surface area contributed by atoms with E-state index in [4.69, 9.17) is 35.0 Å². The molecule has 0 aliphatic rings. The van der Waals surface area contributed by atoms with Crippen molar-refractivity contribution in [1.82, 2.24) is 0 Å². The van der Waals surface area contributed by atoms with Crippen molar-refractivity contribution >= 4 is 44.7 Å². The predicted octanol–water partition coefficient (Wildman–Crippen LogP) is -3.06.